The lowest BCUT2D eigenvalue weighted by molar-refractivity contribution is -0.129. The van der Waals surface area contributed by atoms with Crippen molar-refractivity contribution in [3.05, 3.63) is 46.4 Å². The smallest absolute Gasteiger partial charge is 0.329 e. The fourth-order valence-electron chi connectivity index (χ4n) is 5.36. The first-order chi connectivity index (χ1) is 18.4. The van der Waals surface area contributed by atoms with Gasteiger partial charge in [0.15, 0.2) is 5.82 Å². The van der Waals surface area contributed by atoms with Gasteiger partial charge in [-0.05, 0) is 38.8 Å². The number of anilines is 2. The summed E-state index contributed by atoms with van der Waals surface area (Å²) in [4.78, 5) is 34.6. The number of alkyl halides is 1. The monoisotopic (exact) mass is 495 g/mol. The molecule has 2 aliphatic carbocycles. The van der Waals surface area contributed by atoms with E-state index in [0.717, 1.165) is 35.0 Å². The predicted octanol–water partition coefficient (Wildman–Crippen LogP) is 3.22. The van der Waals surface area contributed by atoms with Gasteiger partial charge in [0, 0.05) is 42.0 Å². The van der Waals surface area contributed by atoms with Gasteiger partial charge in [0.2, 0.25) is 5.91 Å². The van der Waals surface area contributed by atoms with E-state index >= 15 is 0 Å². The SMILES string of the molecule is [2H]C([2H])([2H])n1c(=O)n(C(C)C)c2cc(Nc3ccc4c(C5CCC5)nc(C5(C(N)=O)CC(F)C5)n4n3)ncc21. The Bertz CT molecular complexity index is 1680. The van der Waals surface area contributed by atoms with E-state index in [4.69, 9.17) is 19.9 Å². The molecule has 0 radical (unpaired) electrons. The summed E-state index contributed by atoms with van der Waals surface area (Å²) < 4.78 is 41.2. The fourth-order valence-corrected chi connectivity index (χ4v) is 5.36. The molecular formula is C25H29FN8O2. The van der Waals surface area contributed by atoms with Gasteiger partial charge in [-0.3, -0.25) is 13.9 Å². The number of nitrogens with one attached hydrogen (secondary N) is 1. The molecule has 0 aromatic carbocycles. The van der Waals surface area contributed by atoms with Crippen LogP contribution in [0.4, 0.5) is 16.0 Å². The van der Waals surface area contributed by atoms with Crippen LogP contribution < -0.4 is 16.7 Å². The molecule has 4 aromatic rings. The van der Waals surface area contributed by atoms with E-state index in [-0.39, 0.29) is 30.3 Å². The molecule has 0 aliphatic heterocycles. The molecule has 0 saturated heterocycles. The summed E-state index contributed by atoms with van der Waals surface area (Å²) in [6.45, 7) is 0.932. The van der Waals surface area contributed by atoms with Gasteiger partial charge in [0.1, 0.15) is 23.2 Å². The Morgan fingerprint density at radius 2 is 2.03 bits per heavy atom. The molecule has 4 heterocycles. The van der Waals surface area contributed by atoms with E-state index in [1.54, 1.807) is 30.5 Å². The molecule has 2 saturated carbocycles. The Hall–Kier alpha value is -3.76. The minimum Gasteiger partial charge on any atom is -0.369 e. The van der Waals surface area contributed by atoms with E-state index in [1.807, 2.05) is 6.07 Å². The molecule has 2 aliphatic rings. The van der Waals surface area contributed by atoms with Gasteiger partial charge in [-0.15, -0.1) is 5.10 Å². The molecule has 11 heteroatoms. The van der Waals surface area contributed by atoms with Gasteiger partial charge in [0.05, 0.1) is 28.4 Å². The fraction of sp³-hybridized carbons (Fsp3) is 0.480. The van der Waals surface area contributed by atoms with Crippen molar-refractivity contribution in [1.29, 1.82) is 0 Å². The first-order valence-electron chi connectivity index (χ1n) is 13.7. The normalized spacial score (nSPS) is 23.8. The standard InChI is InChI=1S/C25H29FN8O2/c1-13(2)33-17-9-20(28-12-18(17)32(3)24(33)36)29-19-8-7-16-21(14-5-4-6-14)30-23(34(16)31-19)25(22(27)35)10-15(26)11-25/h7-9,12-15H,4-6,10-11H2,1-3H3,(H2,27,35)(H,28,29,31)/i3D3. The molecule has 36 heavy (non-hydrogen) atoms. The number of amides is 1. The van der Waals surface area contributed by atoms with Crippen molar-refractivity contribution in [2.45, 2.75) is 69.5 Å². The number of aryl methyl sites for hydroxylation is 1. The number of halogens is 1. The van der Waals surface area contributed by atoms with Gasteiger partial charge in [-0.1, -0.05) is 6.42 Å². The summed E-state index contributed by atoms with van der Waals surface area (Å²) in [5.74, 6) is 0.680. The number of fused-ring (bicyclic) bond motifs is 2. The minimum atomic E-state index is -2.66. The largest absolute Gasteiger partial charge is 0.369 e. The number of hydrogen-bond acceptors (Lipinski definition) is 6. The summed E-state index contributed by atoms with van der Waals surface area (Å²) in [6.07, 6.45) is 3.22. The number of pyridine rings is 1. The number of nitrogens with two attached hydrogens (primary N) is 1. The van der Waals surface area contributed by atoms with E-state index < -0.39 is 30.2 Å². The van der Waals surface area contributed by atoms with Crippen molar-refractivity contribution in [2.75, 3.05) is 5.32 Å². The number of rotatable bonds is 6. The molecule has 3 N–H and O–H groups in total. The average Bonchev–Trinajstić information content (AvgIpc) is 3.29. The molecule has 6 rings (SSSR count). The van der Waals surface area contributed by atoms with Crippen LogP contribution in [0.5, 0.6) is 0 Å². The summed E-state index contributed by atoms with van der Waals surface area (Å²) in [5, 5.41) is 7.81. The zero-order valence-electron chi connectivity index (χ0n) is 23.0. The second-order valence-electron chi connectivity index (χ2n) is 10.2. The number of carbonyl (C=O) groups is 1. The van der Waals surface area contributed by atoms with Crippen molar-refractivity contribution in [2.24, 2.45) is 12.7 Å². The van der Waals surface area contributed by atoms with Crippen LogP contribution in [0.15, 0.2) is 29.2 Å². The molecule has 1 amide bonds. The number of primary amides is 1. The van der Waals surface area contributed by atoms with Gasteiger partial charge in [-0.2, -0.15) is 0 Å². The number of carbonyl (C=O) groups excluding carboxylic acids is 1. The molecule has 188 valence electrons. The average molecular weight is 496 g/mol. The highest BCUT2D eigenvalue weighted by Crippen LogP contribution is 2.47. The molecular weight excluding hydrogens is 463 g/mol. The molecule has 2 fully saturated rings. The lowest BCUT2D eigenvalue weighted by atomic mass is 9.66. The van der Waals surface area contributed by atoms with Crippen LogP contribution in [0, 0.1) is 0 Å². The Labute approximate surface area is 210 Å². The molecule has 0 spiro atoms. The highest BCUT2D eigenvalue weighted by Gasteiger charge is 2.54. The predicted molar refractivity (Wildman–Crippen MR) is 133 cm³/mol. The molecule has 4 aromatic heterocycles. The maximum atomic E-state index is 14.0. The lowest BCUT2D eigenvalue weighted by Gasteiger charge is -2.39. The quantitative estimate of drug-likeness (QED) is 0.423. The Morgan fingerprint density at radius 1 is 1.25 bits per heavy atom. The number of nitrogens with zero attached hydrogens (tertiary/aromatic N) is 6. The van der Waals surface area contributed by atoms with E-state index in [0.29, 0.717) is 23.0 Å². The highest BCUT2D eigenvalue weighted by molar-refractivity contribution is 5.87. The van der Waals surface area contributed by atoms with Crippen molar-refractivity contribution < 1.29 is 13.3 Å². The maximum Gasteiger partial charge on any atom is 0.329 e. The van der Waals surface area contributed by atoms with Crippen LogP contribution in [0.2, 0.25) is 0 Å². The minimum absolute atomic E-state index is 0.0314. The van der Waals surface area contributed by atoms with Crippen LogP contribution in [0.25, 0.3) is 16.6 Å². The van der Waals surface area contributed by atoms with Crippen molar-refractivity contribution >= 4 is 34.1 Å². The van der Waals surface area contributed by atoms with E-state index in [9.17, 15) is 14.0 Å². The number of imidazole rings is 2. The zero-order chi connectivity index (χ0) is 27.9. The van der Waals surface area contributed by atoms with Crippen LogP contribution in [0.1, 0.15) is 73.5 Å². The Kier molecular flexibility index (Phi) is 4.25. The second-order valence-corrected chi connectivity index (χ2v) is 10.2. The van der Waals surface area contributed by atoms with Gasteiger partial charge < -0.3 is 11.1 Å². The van der Waals surface area contributed by atoms with Gasteiger partial charge in [0.25, 0.3) is 0 Å². The zero-order valence-corrected chi connectivity index (χ0v) is 20.0. The van der Waals surface area contributed by atoms with Crippen LogP contribution in [0.3, 0.4) is 0 Å². The third-order valence-corrected chi connectivity index (χ3v) is 7.59. The van der Waals surface area contributed by atoms with E-state index in [1.165, 1.54) is 10.8 Å². The van der Waals surface area contributed by atoms with Crippen LogP contribution in [-0.4, -0.2) is 40.8 Å². The summed E-state index contributed by atoms with van der Waals surface area (Å²) in [6, 6.07) is 4.92. The Morgan fingerprint density at radius 3 is 2.64 bits per heavy atom. The molecule has 0 atom stereocenters. The third kappa shape index (κ3) is 3.17. The highest BCUT2D eigenvalue weighted by atomic mass is 19.1. The Balaban J connectivity index is 1.45. The maximum absolute atomic E-state index is 14.0. The van der Waals surface area contributed by atoms with Crippen molar-refractivity contribution in [1.82, 2.24) is 28.7 Å². The lowest BCUT2D eigenvalue weighted by Crippen LogP contribution is -2.53. The summed E-state index contributed by atoms with van der Waals surface area (Å²) in [7, 11) is 0. The van der Waals surface area contributed by atoms with Crippen LogP contribution in [-0.2, 0) is 17.2 Å². The number of aromatic nitrogens is 6. The topological polar surface area (TPSA) is 125 Å². The second kappa shape index (κ2) is 7.87. The van der Waals surface area contributed by atoms with Crippen molar-refractivity contribution in [3.63, 3.8) is 0 Å². The molecule has 0 unspecified atom stereocenters. The molecule has 10 nitrogen and oxygen atoms in total. The number of hydrogen-bond donors (Lipinski definition) is 2. The first kappa shape index (κ1) is 19.4. The molecule has 0 bridgehead atoms. The van der Waals surface area contributed by atoms with Gasteiger partial charge >= 0.3 is 5.69 Å². The summed E-state index contributed by atoms with van der Waals surface area (Å²) in [5.41, 5.74) is 6.09. The van der Waals surface area contributed by atoms with E-state index in [2.05, 4.69) is 10.3 Å². The van der Waals surface area contributed by atoms with Crippen molar-refractivity contribution in [3.8, 4) is 0 Å². The van der Waals surface area contributed by atoms with Crippen LogP contribution >= 0.6 is 0 Å². The third-order valence-electron chi connectivity index (χ3n) is 7.59. The first-order valence-corrected chi connectivity index (χ1v) is 12.2. The summed E-state index contributed by atoms with van der Waals surface area (Å²) >= 11 is 0. The van der Waals surface area contributed by atoms with Gasteiger partial charge in [-0.25, -0.2) is 23.7 Å².